The zero-order valence-electron chi connectivity index (χ0n) is 18.4. The largest absolute Gasteiger partial charge is 0.494 e. The van der Waals surface area contributed by atoms with Crippen LogP contribution in [0.25, 0.3) is 0 Å². The number of fused-ring (bicyclic) bond motifs is 1. The van der Waals surface area contributed by atoms with Crippen molar-refractivity contribution in [3.05, 3.63) is 58.7 Å². The molecule has 2 aromatic carbocycles. The van der Waals surface area contributed by atoms with Gasteiger partial charge < -0.3 is 25.6 Å². The molecular formula is C24H27F3N2O4. The van der Waals surface area contributed by atoms with E-state index in [1.807, 2.05) is 19.1 Å². The average Bonchev–Trinajstić information content (AvgIpc) is 3.05. The van der Waals surface area contributed by atoms with Gasteiger partial charge >= 0.3 is 12.2 Å². The number of benzene rings is 2. The molecule has 3 unspecified atom stereocenters. The molecule has 2 aliphatic rings. The first kappa shape index (κ1) is 23.4. The molecule has 1 saturated carbocycles. The standard InChI is InChI=1S/C24H27F3N2O4/c1-23(8-5-9-23)14-11-16(21(31)24(25,26)27)20(33-2)18(12-14)29-22(32)28-17-10-13-6-3-4-7-15(13)19(17)30/h3-4,6-7,11-12,17,19,21,30-31H,5,8-10H2,1-2H3,(H2,28,29,32). The van der Waals surface area contributed by atoms with Gasteiger partial charge in [-0.1, -0.05) is 37.6 Å². The van der Waals surface area contributed by atoms with Crippen LogP contribution in [0.1, 0.15) is 60.6 Å². The number of carbonyl (C=O) groups excluding carboxylic acids is 1. The molecule has 1 fully saturated rings. The molecule has 2 aliphatic carbocycles. The lowest BCUT2D eigenvalue weighted by Gasteiger charge is -2.40. The molecule has 0 saturated heterocycles. The van der Waals surface area contributed by atoms with E-state index in [1.165, 1.54) is 13.2 Å². The van der Waals surface area contributed by atoms with Crippen LogP contribution in [0.5, 0.6) is 5.75 Å². The molecule has 0 aromatic heterocycles. The van der Waals surface area contributed by atoms with Gasteiger partial charge in [0.2, 0.25) is 0 Å². The Kier molecular flexibility index (Phi) is 6.05. The quantitative estimate of drug-likeness (QED) is 0.524. The molecule has 33 heavy (non-hydrogen) atoms. The van der Waals surface area contributed by atoms with Crippen molar-refractivity contribution in [1.29, 1.82) is 0 Å². The van der Waals surface area contributed by atoms with Crippen LogP contribution in [0.3, 0.4) is 0 Å². The van der Waals surface area contributed by atoms with E-state index in [1.54, 1.807) is 18.2 Å². The number of halogens is 3. The van der Waals surface area contributed by atoms with Crippen LogP contribution < -0.4 is 15.4 Å². The van der Waals surface area contributed by atoms with Crippen molar-refractivity contribution in [3.63, 3.8) is 0 Å². The van der Waals surface area contributed by atoms with E-state index in [-0.39, 0.29) is 16.9 Å². The Morgan fingerprint density at radius 2 is 1.94 bits per heavy atom. The van der Waals surface area contributed by atoms with Crippen LogP contribution in [-0.2, 0) is 11.8 Å². The van der Waals surface area contributed by atoms with E-state index < -0.39 is 36.0 Å². The molecule has 4 rings (SSSR count). The van der Waals surface area contributed by atoms with E-state index in [2.05, 4.69) is 10.6 Å². The highest BCUT2D eigenvalue weighted by molar-refractivity contribution is 5.92. The van der Waals surface area contributed by atoms with Gasteiger partial charge in [-0.05, 0) is 53.5 Å². The van der Waals surface area contributed by atoms with Crippen molar-refractivity contribution in [1.82, 2.24) is 5.32 Å². The number of nitrogens with one attached hydrogen (secondary N) is 2. The Hall–Kier alpha value is -2.78. The molecule has 9 heteroatoms. The van der Waals surface area contributed by atoms with Crippen LogP contribution in [-0.4, -0.2) is 35.6 Å². The number of aliphatic hydroxyl groups excluding tert-OH is 2. The van der Waals surface area contributed by atoms with Crippen molar-refractivity contribution in [2.24, 2.45) is 0 Å². The molecule has 0 aliphatic heterocycles. The van der Waals surface area contributed by atoms with Gasteiger partial charge in [-0.2, -0.15) is 13.2 Å². The number of ether oxygens (including phenoxy) is 1. The fourth-order valence-electron chi connectivity index (χ4n) is 4.73. The van der Waals surface area contributed by atoms with E-state index in [0.29, 0.717) is 12.0 Å². The monoisotopic (exact) mass is 464 g/mol. The van der Waals surface area contributed by atoms with Crippen molar-refractivity contribution in [2.75, 3.05) is 12.4 Å². The zero-order chi connectivity index (χ0) is 24.0. The van der Waals surface area contributed by atoms with E-state index in [9.17, 15) is 28.2 Å². The number of hydrogen-bond donors (Lipinski definition) is 4. The number of rotatable bonds is 5. The number of alkyl halides is 3. The second-order valence-corrected chi connectivity index (χ2v) is 9.06. The Morgan fingerprint density at radius 3 is 2.52 bits per heavy atom. The minimum Gasteiger partial charge on any atom is -0.494 e. The maximum Gasteiger partial charge on any atom is 0.418 e. The normalized spacial score (nSPS) is 22.2. The summed E-state index contributed by atoms with van der Waals surface area (Å²) in [7, 11) is 1.19. The minimum atomic E-state index is -4.90. The molecule has 2 amide bonds. The maximum absolute atomic E-state index is 13.4. The van der Waals surface area contributed by atoms with Gasteiger partial charge in [0.15, 0.2) is 6.10 Å². The van der Waals surface area contributed by atoms with Gasteiger partial charge in [0.1, 0.15) is 5.75 Å². The van der Waals surface area contributed by atoms with Crippen molar-refractivity contribution in [2.45, 2.75) is 62.4 Å². The maximum atomic E-state index is 13.4. The fraction of sp³-hybridized carbons (Fsp3) is 0.458. The van der Waals surface area contributed by atoms with Gasteiger partial charge in [-0.15, -0.1) is 0 Å². The average molecular weight is 464 g/mol. The molecule has 3 atom stereocenters. The lowest BCUT2D eigenvalue weighted by Crippen LogP contribution is -2.40. The summed E-state index contributed by atoms with van der Waals surface area (Å²) >= 11 is 0. The number of anilines is 1. The predicted octanol–water partition coefficient (Wildman–Crippen LogP) is 4.51. The van der Waals surface area contributed by atoms with Crippen molar-refractivity contribution < 1.29 is 32.9 Å². The van der Waals surface area contributed by atoms with Crippen LogP contribution >= 0.6 is 0 Å². The number of aliphatic hydroxyl groups is 2. The first-order valence-corrected chi connectivity index (χ1v) is 10.8. The second-order valence-electron chi connectivity index (χ2n) is 9.06. The number of methoxy groups -OCH3 is 1. The Labute approximate surface area is 189 Å². The third kappa shape index (κ3) is 4.39. The fourth-order valence-corrected chi connectivity index (χ4v) is 4.73. The van der Waals surface area contributed by atoms with Crippen molar-refractivity contribution in [3.8, 4) is 5.75 Å². The van der Waals surface area contributed by atoms with Gasteiger partial charge in [-0.25, -0.2) is 4.79 Å². The predicted molar refractivity (Wildman–Crippen MR) is 116 cm³/mol. The van der Waals surface area contributed by atoms with Gasteiger partial charge in [-0.3, -0.25) is 0 Å². The lowest BCUT2D eigenvalue weighted by atomic mass is 9.65. The Balaban J connectivity index is 1.62. The summed E-state index contributed by atoms with van der Waals surface area (Å²) in [5, 5.41) is 25.8. The Bertz CT molecular complexity index is 1050. The number of carbonyl (C=O) groups is 1. The number of amides is 2. The highest BCUT2D eigenvalue weighted by atomic mass is 19.4. The van der Waals surface area contributed by atoms with Crippen molar-refractivity contribution >= 4 is 11.7 Å². The molecule has 2 aromatic rings. The third-order valence-corrected chi connectivity index (χ3v) is 6.84. The Morgan fingerprint density at radius 1 is 1.24 bits per heavy atom. The smallest absolute Gasteiger partial charge is 0.418 e. The molecule has 0 spiro atoms. The number of urea groups is 1. The van der Waals surface area contributed by atoms with E-state index >= 15 is 0 Å². The van der Waals surface area contributed by atoms with Crippen LogP contribution in [0.4, 0.5) is 23.7 Å². The van der Waals surface area contributed by atoms with Gasteiger partial charge in [0.05, 0.1) is 24.9 Å². The topological polar surface area (TPSA) is 90.8 Å². The van der Waals surface area contributed by atoms with Crippen LogP contribution in [0.15, 0.2) is 36.4 Å². The van der Waals surface area contributed by atoms with Crippen LogP contribution in [0, 0.1) is 0 Å². The molecule has 4 N–H and O–H groups in total. The summed E-state index contributed by atoms with van der Waals surface area (Å²) in [6.45, 7) is 1.94. The molecular weight excluding hydrogens is 437 g/mol. The highest BCUT2D eigenvalue weighted by Gasteiger charge is 2.43. The third-order valence-electron chi connectivity index (χ3n) is 6.84. The first-order valence-electron chi connectivity index (χ1n) is 10.8. The summed E-state index contributed by atoms with van der Waals surface area (Å²) in [6.07, 6.45) is -5.59. The summed E-state index contributed by atoms with van der Waals surface area (Å²) in [6, 6.07) is 8.95. The molecule has 6 nitrogen and oxygen atoms in total. The van der Waals surface area contributed by atoms with Crippen LogP contribution in [0.2, 0.25) is 0 Å². The second kappa shape index (κ2) is 8.53. The van der Waals surface area contributed by atoms with E-state index in [0.717, 1.165) is 30.4 Å². The zero-order valence-corrected chi connectivity index (χ0v) is 18.4. The summed E-state index contributed by atoms with van der Waals surface area (Å²) in [5.74, 6) is -0.253. The SMILES string of the molecule is COc1c(NC(=O)NC2Cc3ccccc3C2O)cc(C2(C)CCC2)cc1C(O)C(F)(F)F. The first-order chi connectivity index (χ1) is 15.5. The molecule has 0 bridgehead atoms. The lowest BCUT2D eigenvalue weighted by molar-refractivity contribution is -0.207. The summed E-state index contributed by atoms with van der Waals surface area (Å²) in [5.41, 5.74) is 1.49. The molecule has 0 radical (unpaired) electrons. The van der Waals surface area contributed by atoms with Gasteiger partial charge in [0, 0.05) is 5.56 Å². The minimum absolute atomic E-state index is 0.0314. The molecule has 178 valence electrons. The number of hydrogen-bond acceptors (Lipinski definition) is 4. The molecule has 0 heterocycles. The summed E-state index contributed by atoms with van der Waals surface area (Å²) < 4.78 is 45.3. The highest BCUT2D eigenvalue weighted by Crippen LogP contribution is 2.48. The summed E-state index contributed by atoms with van der Waals surface area (Å²) in [4.78, 5) is 12.8. The van der Waals surface area contributed by atoms with Gasteiger partial charge in [0.25, 0.3) is 0 Å². The van der Waals surface area contributed by atoms with E-state index in [4.69, 9.17) is 4.74 Å².